The minimum atomic E-state index is -3.51. The van der Waals surface area contributed by atoms with Crippen LogP contribution in [0.15, 0.2) is 54.3 Å². The van der Waals surface area contributed by atoms with Crippen molar-refractivity contribution in [2.45, 2.75) is 143 Å². The fourth-order valence-electron chi connectivity index (χ4n) is 8.23. The van der Waals surface area contributed by atoms with Gasteiger partial charge in [-0.2, -0.15) is 10.2 Å². The van der Waals surface area contributed by atoms with Gasteiger partial charge in [-0.1, -0.05) is 120 Å². The monoisotopic (exact) mass is 940 g/mol. The fourth-order valence-corrected chi connectivity index (χ4v) is 10.6. The molecule has 4 aromatic heterocycles. The first-order chi connectivity index (χ1) is 31.2. The number of hydrogen-bond acceptors (Lipinski definition) is 11. The Kier molecular flexibility index (Phi) is 14.1. The molecule has 7 rings (SSSR count). The molecule has 0 unspecified atom stereocenters. The van der Waals surface area contributed by atoms with E-state index in [0.717, 1.165) is 64.2 Å². The van der Waals surface area contributed by atoms with E-state index < -0.39 is 36.7 Å². The van der Waals surface area contributed by atoms with Crippen molar-refractivity contribution in [2.75, 3.05) is 20.9 Å². The first kappa shape index (κ1) is 48.3. The average Bonchev–Trinajstić information content (AvgIpc) is 4.02. The molecule has 2 aromatic carbocycles. The molecule has 0 saturated carbocycles. The van der Waals surface area contributed by atoms with Crippen molar-refractivity contribution in [1.29, 1.82) is 0 Å². The minimum absolute atomic E-state index is 0.0548. The number of unbranched alkanes of at least 4 members (excludes halogenated alkanes) is 10. The molecule has 354 valence electrons. The van der Waals surface area contributed by atoms with Gasteiger partial charge in [0.1, 0.15) is 5.76 Å². The number of ketones is 1. The molecule has 16 nitrogen and oxygen atoms in total. The number of hydrogen-bond donors (Lipinski definition) is 4. The number of aromatic nitrogens is 8. The number of carbonyl (C=O) groups is 1. The lowest BCUT2D eigenvalue weighted by molar-refractivity contribution is -0.109. The lowest BCUT2D eigenvalue weighted by Crippen LogP contribution is -2.32. The number of aliphatic hydroxyl groups is 1. The second-order valence-electron chi connectivity index (χ2n) is 19.5. The van der Waals surface area contributed by atoms with Gasteiger partial charge in [0, 0.05) is 33.3 Å². The van der Waals surface area contributed by atoms with Gasteiger partial charge in [-0.05, 0) is 61.4 Å². The number of rotatable bonds is 21. The molecule has 0 saturated heterocycles. The largest absolute Gasteiger partial charge is 0.506 e. The third-order valence-electron chi connectivity index (χ3n) is 11.8. The van der Waals surface area contributed by atoms with Crippen LogP contribution in [0.2, 0.25) is 0 Å². The molecule has 0 spiro atoms. The number of nitrogens with one attached hydrogen (secondary N) is 3. The van der Waals surface area contributed by atoms with Gasteiger partial charge in [0.05, 0.1) is 44.8 Å². The summed E-state index contributed by atoms with van der Waals surface area (Å²) in [5.41, 5.74) is 3.38. The lowest BCUT2D eigenvalue weighted by atomic mass is 9.77. The highest BCUT2D eigenvalue weighted by atomic mass is 32.2. The Bertz CT molecular complexity index is 3030. The highest BCUT2D eigenvalue weighted by molar-refractivity contribution is 7.92. The zero-order valence-electron chi connectivity index (χ0n) is 39.5. The van der Waals surface area contributed by atoms with Crippen LogP contribution in [0.3, 0.4) is 0 Å². The molecule has 18 heteroatoms. The Hall–Kier alpha value is -5.62. The van der Waals surface area contributed by atoms with Gasteiger partial charge in [0.25, 0.3) is 0 Å². The van der Waals surface area contributed by atoms with Crippen molar-refractivity contribution >= 4 is 59.6 Å². The number of carbonyl (C=O) groups excluding carboxylic acids is 1. The molecule has 4 N–H and O–H groups in total. The van der Waals surface area contributed by atoms with Gasteiger partial charge in [-0.25, -0.2) is 21.8 Å². The SMILES string of the molecule is CCCCCCCCS(=O)(=O)Nc1ccc(-c2nc3/c(=C4/C(=O)C(c5c(C(C)(C)C)nn6nc(-c7ccc(NS(=O)(=O)CCCCCCCC)cc7)[nH]c56)=C4O)c(C(C)(C)C)nn3n2)cc1. The van der Waals surface area contributed by atoms with Gasteiger partial charge in [0.15, 0.2) is 22.9 Å². The molecule has 1 aliphatic carbocycles. The molecule has 0 bridgehead atoms. The van der Waals surface area contributed by atoms with Crippen molar-refractivity contribution in [2.24, 2.45) is 0 Å². The summed E-state index contributed by atoms with van der Waals surface area (Å²) in [5, 5.41) is 31.3. The Balaban J connectivity index is 1.17. The van der Waals surface area contributed by atoms with Gasteiger partial charge in [0.2, 0.25) is 25.8 Å². The maximum atomic E-state index is 14.6. The maximum absolute atomic E-state index is 14.6. The highest BCUT2D eigenvalue weighted by Gasteiger charge is 2.43. The molecule has 0 aliphatic heterocycles. The van der Waals surface area contributed by atoms with Crippen LogP contribution >= 0.6 is 0 Å². The van der Waals surface area contributed by atoms with Crippen LogP contribution < -0.4 is 14.7 Å². The summed E-state index contributed by atoms with van der Waals surface area (Å²) in [5.74, 6) is 0.223. The van der Waals surface area contributed by atoms with Crippen LogP contribution in [0.4, 0.5) is 11.4 Å². The first-order valence-corrected chi connectivity index (χ1v) is 26.5. The highest BCUT2D eigenvalue weighted by Crippen LogP contribution is 2.43. The molecule has 1 aliphatic rings. The summed E-state index contributed by atoms with van der Waals surface area (Å²) < 4.78 is 59.3. The van der Waals surface area contributed by atoms with Crippen LogP contribution in [0.1, 0.15) is 149 Å². The number of allylic oxidation sites excluding steroid dienone is 2. The Morgan fingerprint density at radius 1 is 0.606 bits per heavy atom. The summed E-state index contributed by atoms with van der Waals surface area (Å²) in [6.07, 6.45) is 11.8. The van der Waals surface area contributed by atoms with Crippen molar-refractivity contribution < 1.29 is 26.7 Å². The molecule has 6 aromatic rings. The number of aliphatic hydroxyl groups excluding tert-OH is 1. The number of benzene rings is 2. The lowest BCUT2D eigenvalue weighted by Gasteiger charge is -2.25. The van der Waals surface area contributed by atoms with Crippen molar-refractivity contribution in [3.8, 4) is 22.8 Å². The zero-order valence-corrected chi connectivity index (χ0v) is 41.1. The van der Waals surface area contributed by atoms with Crippen molar-refractivity contribution in [1.82, 2.24) is 39.6 Å². The van der Waals surface area contributed by atoms with Gasteiger partial charge < -0.3 is 10.1 Å². The molecule has 0 atom stereocenters. The maximum Gasteiger partial charge on any atom is 0.232 e. The number of sulfonamides is 2. The topological polar surface area (TPSA) is 219 Å². The number of nitrogens with zero attached hydrogens (tertiary/aromatic N) is 7. The number of Topliss-reactive ketones (excluding diaryl/α,β-unsaturated/α-hetero) is 1. The van der Waals surface area contributed by atoms with E-state index in [9.17, 15) is 26.7 Å². The van der Waals surface area contributed by atoms with E-state index in [0.29, 0.717) is 80.5 Å². The van der Waals surface area contributed by atoms with E-state index in [4.69, 9.17) is 20.3 Å². The van der Waals surface area contributed by atoms with Crippen LogP contribution in [-0.4, -0.2) is 78.9 Å². The quantitative estimate of drug-likeness (QED) is 0.0499. The Labute approximate surface area is 387 Å². The van der Waals surface area contributed by atoms with Gasteiger partial charge in [-0.15, -0.1) is 19.5 Å². The van der Waals surface area contributed by atoms with Crippen LogP contribution in [0, 0.1) is 0 Å². The van der Waals surface area contributed by atoms with E-state index in [1.54, 1.807) is 48.5 Å². The zero-order chi connectivity index (χ0) is 47.6. The fraction of sp³-hybridized carbons (Fsp3) is 0.500. The second kappa shape index (κ2) is 19.3. The smallest absolute Gasteiger partial charge is 0.232 e. The Morgan fingerprint density at radius 2 is 1.09 bits per heavy atom. The minimum Gasteiger partial charge on any atom is -0.506 e. The van der Waals surface area contributed by atoms with E-state index in [1.165, 1.54) is 9.26 Å². The van der Waals surface area contributed by atoms with E-state index >= 15 is 0 Å². The molecule has 0 fully saturated rings. The van der Waals surface area contributed by atoms with Crippen LogP contribution in [0.25, 0.3) is 45.2 Å². The predicted molar refractivity (Wildman–Crippen MR) is 261 cm³/mol. The summed E-state index contributed by atoms with van der Waals surface area (Å²) in [4.78, 5) is 22.7. The first-order valence-electron chi connectivity index (χ1n) is 23.2. The van der Waals surface area contributed by atoms with Crippen LogP contribution in [-0.2, 0) is 35.7 Å². The predicted octanol–water partition coefficient (Wildman–Crippen LogP) is 9.05. The van der Waals surface area contributed by atoms with Gasteiger partial charge >= 0.3 is 0 Å². The molecular formula is C48H64N10O6S2. The van der Waals surface area contributed by atoms with E-state index in [1.807, 2.05) is 41.5 Å². The molecule has 0 radical (unpaired) electrons. The number of anilines is 2. The van der Waals surface area contributed by atoms with E-state index in [2.05, 4.69) is 33.4 Å². The number of fused-ring (bicyclic) bond motifs is 2. The van der Waals surface area contributed by atoms with Gasteiger partial charge in [-0.3, -0.25) is 14.2 Å². The summed E-state index contributed by atoms with van der Waals surface area (Å²) in [6.45, 7) is 16.1. The third-order valence-corrected chi connectivity index (χ3v) is 14.5. The third kappa shape index (κ3) is 10.6. The molecular weight excluding hydrogens is 877 g/mol. The Morgan fingerprint density at radius 3 is 1.59 bits per heavy atom. The molecule has 0 amide bonds. The normalized spacial score (nSPS) is 14.8. The molecule has 4 heterocycles. The summed E-state index contributed by atoms with van der Waals surface area (Å²) >= 11 is 0. The number of H-pyrrole nitrogens is 1. The number of aromatic amines is 1. The second-order valence-corrected chi connectivity index (χ2v) is 23.2. The standard InChI is InChI=1S/C48H64N10O6S2/c1-9-11-13-15-17-19-29-65(61,62)55-33-25-21-31(22-26-33)43-49-45-37(41(47(3,4)5)51-57(45)53-43)35-39(59)36(40(35)60)38-42(48(6,7)8)52-58-46(38)50-44(54-58)32-23-27-34(28-24-32)56-66(63,64)30-20-18-16-14-12-10-2/h21-28,55-56,59H,9-20,29-30H2,1-8H3,(H,49,53)/b38-36+. The summed E-state index contributed by atoms with van der Waals surface area (Å²) in [7, 11) is -7.02. The van der Waals surface area contributed by atoms with Crippen molar-refractivity contribution in [3.05, 3.63) is 76.5 Å². The van der Waals surface area contributed by atoms with Crippen molar-refractivity contribution in [3.63, 3.8) is 0 Å². The van der Waals surface area contributed by atoms with E-state index in [-0.39, 0.29) is 28.4 Å². The summed E-state index contributed by atoms with van der Waals surface area (Å²) in [6, 6.07) is 13.7. The average molecular weight is 941 g/mol. The molecule has 66 heavy (non-hydrogen) atoms. The van der Waals surface area contributed by atoms with Crippen LogP contribution in [0.5, 0.6) is 0 Å².